The quantitative estimate of drug-likeness (QED) is 0.746. The summed E-state index contributed by atoms with van der Waals surface area (Å²) in [6, 6.07) is 15.6. The summed E-state index contributed by atoms with van der Waals surface area (Å²) in [4.78, 5) is 12.3. The second-order valence-corrected chi connectivity index (χ2v) is 6.10. The number of nitrogen functional groups attached to an aromatic ring is 1. The number of amides is 1. The molecule has 0 bridgehead atoms. The van der Waals surface area contributed by atoms with Crippen molar-refractivity contribution < 1.29 is 4.79 Å². The number of nitrogens with one attached hydrogen (secondary N) is 2. The summed E-state index contributed by atoms with van der Waals surface area (Å²) in [6.45, 7) is 0. The Morgan fingerprint density at radius 3 is 2.43 bits per heavy atom. The molecule has 2 aromatic carbocycles. The fourth-order valence-electron chi connectivity index (χ4n) is 3.01. The van der Waals surface area contributed by atoms with Gasteiger partial charge in [-0.1, -0.05) is 37.5 Å². The lowest BCUT2D eigenvalue weighted by molar-refractivity contribution is 0.0928. The number of carbonyl (C=O) groups is 1. The van der Waals surface area contributed by atoms with Crippen molar-refractivity contribution in [1.82, 2.24) is 5.32 Å². The van der Waals surface area contributed by atoms with E-state index in [1.807, 2.05) is 42.5 Å². The highest BCUT2D eigenvalue weighted by molar-refractivity contribution is 5.96. The first-order valence-electron chi connectivity index (χ1n) is 8.25. The molecule has 1 saturated carbocycles. The highest BCUT2D eigenvalue weighted by Gasteiger charge is 2.17. The number of rotatable bonds is 4. The van der Waals surface area contributed by atoms with Crippen LogP contribution in [0.15, 0.2) is 48.5 Å². The zero-order valence-electron chi connectivity index (χ0n) is 13.2. The van der Waals surface area contributed by atoms with Crippen molar-refractivity contribution in [2.45, 2.75) is 38.1 Å². The van der Waals surface area contributed by atoms with Gasteiger partial charge in [0, 0.05) is 17.3 Å². The molecule has 0 saturated heterocycles. The maximum absolute atomic E-state index is 12.3. The lowest BCUT2D eigenvalue weighted by Gasteiger charge is -2.23. The van der Waals surface area contributed by atoms with Crippen LogP contribution in [0, 0.1) is 0 Å². The average molecular weight is 309 g/mol. The molecule has 4 nitrogen and oxygen atoms in total. The molecule has 1 aliphatic rings. The van der Waals surface area contributed by atoms with Crippen LogP contribution in [-0.4, -0.2) is 11.9 Å². The van der Waals surface area contributed by atoms with Gasteiger partial charge in [-0.2, -0.15) is 0 Å². The number of carbonyl (C=O) groups excluding carboxylic acids is 1. The Labute approximate surface area is 137 Å². The van der Waals surface area contributed by atoms with Gasteiger partial charge in [0.2, 0.25) is 0 Å². The molecule has 1 aliphatic carbocycles. The summed E-state index contributed by atoms with van der Waals surface area (Å²) in [7, 11) is 0. The molecule has 0 aliphatic heterocycles. The van der Waals surface area contributed by atoms with Crippen molar-refractivity contribution >= 4 is 23.0 Å². The van der Waals surface area contributed by atoms with Gasteiger partial charge in [0.25, 0.3) is 5.91 Å². The van der Waals surface area contributed by atoms with E-state index in [0.717, 1.165) is 24.2 Å². The standard InChI is InChI=1S/C19H23N3O/c20-17-13-14(19(23)22-16-9-5-2-6-10-16)11-12-18(17)21-15-7-3-1-4-8-15/h1,3-4,7-8,11-13,16,21H,2,5-6,9-10,20H2,(H,22,23). The van der Waals surface area contributed by atoms with E-state index < -0.39 is 0 Å². The number of hydrogen-bond acceptors (Lipinski definition) is 3. The van der Waals surface area contributed by atoms with E-state index in [0.29, 0.717) is 17.3 Å². The molecule has 0 heterocycles. The molecular weight excluding hydrogens is 286 g/mol. The van der Waals surface area contributed by atoms with Crippen molar-refractivity contribution in [3.8, 4) is 0 Å². The highest BCUT2D eigenvalue weighted by Crippen LogP contribution is 2.24. The van der Waals surface area contributed by atoms with Crippen LogP contribution in [0.5, 0.6) is 0 Å². The van der Waals surface area contributed by atoms with E-state index in [-0.39, 0.29) is 5.91 Å². The molecule has 23 heavy (non-hydrogen) atoms. The zero-order chi connectivity index (χ0) is 16.1. The van der Waals surface area contributed by atoms with Gasteiger partial charge in [-0.05, 0) is 43.2 Å². The number of benzene rings is 2. The van der Waals surface area contributed by atoms with E-state index in [1.165, 1.54) is 19.3 Å². The van der Waals surface area contributed by atoms with Crippen molar-refractivity contribution in [2.75, 3.05) is 11.1 Å². The minimum absolute atomic E-state index is 0.0325. The largest absolute Gasteiger partial charge is 0.397 e. The van der Waals surface area contributed by atoms with Gasteiger partial charge in [-0.3, -0.25) is 4.79 Å². The minimum atomic E-state index is -0.0325. The Bertz CT molecular complexity index is 664. The fraction of sp³-hybridized carbons (Fsp3) is 0.316. The molecule has 1 fully saturated rings. The van der Waals surface area contributed by atoms with Crippen LogP contribution in [0.25, 0.3) is 0 Å². The van der Waals surface area contributed by atoms with E-state index in [4.69, 9.17) is 5.73 Å². The smallest absolute Gasteiger partial charge is 0.251 e. The summed E-state index contributed by atoms with van der Waals surface area (Å²) in [5, 5.41) is 6.38. The summed E-state index contributed by atoms with van der Waals surface area (Å²) in [5.74, 6) is -0.0325. The third-order valence-electron chi connectivity index (χ3n) is 4.31. The van der Waals surface area contributed by atoms with E-state index in [1.54, 1.807) is 6.07 Å². The highest BCUT2D eigenvalue weighted by atomic mass is 16.1. The van der Waals surface area contributed by atoms with Gasteiger partial charge in [-0.25, -0.2) is 0 Å². The molecule has 0 atom stereocenters. The van der Waals surface area contributed by atoms with Gasteiger partial charge in [-0.15, -0.1) is 0 Å². The fourth-order valence-corrected chi connectivity index (χ4v) is 3.01. The van der Waals surface area contributed by atoms with Gasteiger partial charge < -0.3 is 16.4 Å². The third-order valence-corrected chi connectivity index (χ3v) is 4.31. The summed E-state index contributed by atoms with van der Waals surface area (Å²) >= 11 is 0. The van der Waals surface area contributed by atoms with Gasteiger partial charge >= 0.3 is 0 Å². The predicted molar refractivity (Wildman–Crippen MR) is 94.9 cm³/mol. The Morgan fingerprint density at radius 1 is 1.00 bits per heavy atom. The van der Waals surface area contributed by atoms with Crippen molar-refractivity contribution in [3.05, 3.63) is 54.1 Å². The van der Waals surface area contributed by atoms with Gasteiger partial charge in [0.1, 0.15) is 0 Å². The topological polar surface area (TPSA) is 67.2 Å². The van der Waals surface area contributed by atoms with Crippen molar-refractivity contribution in [2.24, 2.45) is 0 Å². The maximum atomic E-state index is 12.3. The molecular formula is C19H23N3O. The number of anilines is 3. The maximum Gasteiger partial charge on any atom is 0.251 e. The lowest BCUT2D eigenvalue weighted by Crippen LogP contribution is -2.36. The first kappa shape index (κ1) is 15.4. The summed E-state index contributed by atoms with van der Waals surface area (Å²) in [6.07, 6.45) is 5.84. The van der Waals surface area contributed by atoms with Gasteiger partial charge in [0.05, 0.1) is 11.4 Å². The van der Waals surface area contributed by atoms with Crippen LogP contribution in [0.4, 0.5) is 17.1 Å². The summed E-state index contributed by atoms with van der Waals surface area (Å²) < 4.78 is 0. The minimum Gasteiger partial charge on any atom is -0.397 e. The molecule has 0 aromatic heterocycles. The first-order chi connectivity index (χ1) is 11.2. The molecule has 0 spiro atoms. The second-order valence-electron chi connectivity index (χ2n) is 6.10. The number of nitrogens with two attached hydrogens (primary N) is 1. The Balaban J connectivity index is 1.67. The van der Waals surface area contributed by atoms with E-state index in [2.05, 4.69) is 10.6 Å². The molecule has 4 heteroatoms. The number of para-hydroxylation sites is 1. The molecule has 4 N–H and O–H groups in total. The van der Waals surface area contributed by atoms with Crippen LogP contribution in [0.1, 0.15) is 42.5 Å². The molecule has 2 aromatic rings. The van der Waals surface area contributed by atoms with Crippen LogP contribution in [-0.2, 0) is 0 Å². The van der Waals surface area contributed by atoms with Crippen molar-refractivity contribution in [3.63, 3.8) is 0 Å². The Kier molecular flexibility index (Phi) is 4.81. The first-order valence-corrected chi connectivity index (χ1v) is 8.25. The average Bonchev–Trinajstić information content (AvgIpc) is 2.58. The number of hydrogen-bond donors (Lipinski definition) is 3. The molecule has 120 valence electrons. The second kappa shape index (κ2) is 7.18. The monoisotopic (exact) mass is 309 g/mol. The Morgan fingerprint density at radius 2 is 1.74 bits per heavy atom. The van der Waals surface area contributed by atoms with E-state index in [9.17, 15) is 4.79 Å². The molecule has 1 amide bonds. The molecule has 0 unspecified atom stereocenters. The van der Waals surface area contributed by atoms with Crippen LogP contribution >= 0.6 is 0 Å². The SMILES string of the molecule is Nc1cc(C(=O)NC2CCCCC2)ccc1Nc1ccccc1. The normalized spacial score (nSPS) is 15.1. The predicted octanol–water partition coefficient (Wildman–Crippen LogP) is 4.07. The van der Waals surface area contributed by atoms with Crippen molar-refractivity contribution in [1.29, 1.82) is 0 Å². The zero-order valence-corrected chi connectivity index (χ0v) is 13.2. The van der Waals surface area contributed by atoms with E-state index >= 15 is 0 Å². The lowest BCUT2D eigenvalue weighted by atomic mass is 9.95. The Hall–Kier alpha value is -2.49. The van der Waals surface area contributed by atoms with Crippen LogP contribution < -0.4 is 16.4 Å². The third kappa shape index (κ3) is 4.03. The molecule has 0 radical (unpaired) electrons. The van der Waals surface area contributed by atoms with Crippen LogP contribution in [0.3, 0.4) is 0 Å². The van der Waals surface area contributed by atoms with Gasteiger partial charge in [0.15, 0.2) is 0 Å². The molecule has 3 rings (SSSR count). The van der Waals surface area contributed by atoms with Crippen LogP contribution in [0.2, 0.25) is 0 Å². The summed E-state index contributed by atoms with van der Waals surface area (Å²) in [5.41, 5.74) is 9.07.